The van der Waals surface area contributed by atoms with Gasteiger partial charge < -0.3 is 15.8 Å². The van der Waals surface area contributed by atoms with E-state index in [1.54, 1.807) is 11.3 Å². The summed E-state index contributed by atoms with van der Waals surface area (Å²) in [5.41, 5.74) is 7.16. The molecule has 1 aromatic heterocycles. The SMILES string of the molecule is Cc1ccsc1CN=C(N)NCCCN1CCOCC1.I. The standard InChI is InChI=1S/C14H24N4OS.HI/c1-12-3-10-20-13(12)11-17-14(15)16-4-2-5-18-6-8-19-9-7-18;/h3,10H,2,4-9,11H2,1H3,(H3,15,16,17);1H. The third kappa shape index (κ3) is 6.94. The van der Waals surface area contributed by atoms with Crippen molar-refractivity contribution < 1.29 is 4.74 Å². The summed E-state index contributed by atoms with van der Waals surface area (Å²) < 4.78 is 5.33. The van der Waals surface area contributed by atoms with Crippen LogP contribution in [0.1, 0.15) is 16.9 Å². The zero-order valence-corrected chi connectivity index (χ0v) is 15.7. The first-order valence-corrected chi connectivity index (χ1v) is 8.00. The highest BCUT2D eigenvalue weighted by molar-refractivity contribution is 14.0. The van der Waals surface area contributed by atoms with Gasteiger partial charge in [0.2, 0.25) is 0 Å². The molecule has 1 aliphatic rings. The largest absolute Gasteiger partial charge is 0.379 e. The molecule has 5 nitrogen and oxygen atoms in total. The lowest BCUT2D eigenvalue weighted by atomic mass is 10.3. The van der Waals surface area contributed by atoms with Crippen molar-refractivity contribution >= 4 is 41.3 Å². The molecule has 2 heterocycles. The zero-order chi connectivity index (χ0) is 14.2. The zero-order valence-electron chi connectivity index (χ0n) is 12.5. The van der Waals surface area contributed by atoms with Gasteiger partial charge >= 0.3 is 0 Å². The van der Waals surface area contributed by atoms with Crippen LogP contribution in [-0.2, 0) is 11.3 Å². The molecular weight excluding hydrogens is 399 g/mol. The number of guanidine groups is 1. The summed E-state index contributed by atoms with van der Waals surface area (Å²) >= 11 is 1.73. The van der Waals surface area contributed by atoms with Crippen molar-refractivity contribution in [3.63, 3.8) is 0 Å². The van der Waals surface area contributed by atoms with E-state index in [1.165, 1.54) is 10.4 Å². The Hall–Kier alpha value is -0.380. The van der Waals surface area contributed by atoms with Crippen molar-refractivity contribution in [2.24, 2.45) is 10.7 Å². The number of morpholine rings is 1. The fourth-order valence-electron chi connectivity index (χ4n) is 2.12. The molecule has 1 saturated heterocycles. The number of aryl methyl sites for hydroxylation is 1. The van der Waals surface area contributed by atoms with Crippen molar-refractivity contribution in [3.8, 4) is 0 Å². The third-order valence-corrected chi connectivity index (χ3v) is 4.43. The first-order valence-electron chi connectivity index (χ1n) is 7.12. The fraction of sp³-hybridized carbons (Fsp3) is 0.643. The highest BCUT2D eigenvalue weighted by Gasteiger charge is 2.08. The Balaban J connectivity index is 0.00000220. The molecule has 0 amide bonds. The highest BCUT2D eigenvalue weighted by Crippen LogP contribution is 2.16. The summed E-state index contributed by atoms with van der Waals surface area (Å²) in [6, 6.07) is 2.11. The first kappa shape index (κ1) is 18.7. The van der Waals surface area contributed by atoms with Crippen LogP contribution in [0, 0.1) is 6.92 Å². The Morgan fingerprint density at radius 1 is 1.48 bits per heavy atom. The van der Waals surface area contributed by atoms with Crippen molar-refractivity contribution in [2.75, 3.05) is 39.4 Å². The number of hydrogen-bond donors (Lipinski definition) is 2. The Morgan fingerprint density at radius 3 is 2.90 bits per heavy atom. The van der Waals surface area contributed by atoms with Crippen molar-refractivity contribution in [3.05, 3.63) is 21.9 Å². The van der Waals surface area contributed by atoms with Gasteiger partial charge in [-0.25, -0.2) is 4.99 Å². The number of hydrogen-bond acceptors (Lipinski definition) is 4. The van der Waals surface area contributed by atoms with Crippen LogP contribution in [0.25, 0.3) is 0 Å². The Bertz CT molecular complexity index is 432. The van der Waals surface area contributed by atoms with E-state index in [2.05, 4.69) is 33.6 Å². The van der Waals surface area contributed by atoms with Crippen LogP contribution in [0.4, 0.5) is 0 Å². The van der Waals surface area contributed by atoms with Crippen LogP contribution in [0.2, 0.25) is 0 Å². The number of nitrogens with one attached hydrogen (secondary N) is 1. The molecule has 1 aliphatic heterocycles. The molecule has 0 spiro atoms. The molecule has 0 atom stereocenters. The first-order chi connectivity index (χ1) is 9.75. The molecule has 0 aliphatic carbocycles. The van der Waals surface area contributed by atoms with E-state index in [0.29, 0.717) is 12.5 Å². The molecule has 7 heteroatoms. The van der Waals surface area contributed by atoms with Gasteiger partial charge in [0.05, 0.1) is 19.8 Å². The highest BCUT2D eigenvalue weighted by atomic mass is 127. The smallest absolute Gasteiger partial charge is 0.188 e. The molecule has 0 radical (unpaired) electrons. The molecule has 0 unspecified atom stereocenters. The van der Waals surface area contributed by atoms with Gasteiger partial charge in [-0.05, 0) is 36.9 Å². The normalized spacial score (nSPS) is 16.5. The van der Waals surface area contributed by atoms with Gasteiger partial charge in [0.15, 0.2) is 5.96 Å². The van der Waals surface area contributed by atoms with Gasteiger partial charge in [-0.3, -0.25) is 4.90 Å². The number of ether oxygens (including phenoxy) is 1. The van der Waals surface area contributed by atoms with Crippen molar-refractivity contribution in [1.82, 2.24) is 10.2 Å². The lowest BCUT2D eigenvalue weighted by Gasteiger charge is -2.26. The van der Waals surface area contributed by atoms with E-state index in [9.17, 15) is 0 Å². The second-order valence-electron chi connectivity index (χ2n) is 4.96. The summed E-state index contributed by atoms with van der Waals surface area (Å²) in [7, 11) is 0. The van der Waals surface area contributed by atoms with Crippen LogP contribution >= 0.6 is 35.3 Å². The van der Waals surface area contributed by atoms with Gasteiger partial charge in [-0.2, -0.15) is 0 Å². The third-order valence-electron chi connectivity index (χ3n) is 3.42. The average molecular weight is 424 g/mol. The molecule has 0 bridgehead atoms. The maximum absolute atomic E-state index is 5.87. The Kier molecular flexibility index (Phi) is 9.21. The maximum Gasteiger partial charge on any atom is 0.188 e. The quantitative estimate of drug-likeness (QED) is 0.317. The van der Waals surface area contributed by atoms with Crippen molar-refractivity contribution in [2.45, 2.75) is 19.9 Å². The molecule has 1 fully saturated rings. The summed E-state index contributed by atoms with van der Waals surface area (Å²) in [6.45, 7) is 8.54. The molecule has 21 heavy (non-hydrogen) atoms. The summed E-state index contributed by atoms with van der Waals surface area (Å²) in [5.74, 6) is 0.541. The van der Waals surface area contributed by atoms with E-state index in [1.807, 2.05) is 0 Å². The minimum absolute atomic E-state index is 0. The molecule has 0 aromatic carbocycles. The van der Waals surface area contributed by atoms with Gasteiger partial charge in [0, 0.05) is 24.5 Å². The molecule has 1 aromatic rings. The number of halogens is 1. The number of nitrogens with two attached hydrogens (primary N) is 1. The molecule has 120 valence electrons. The summed E-state index contributed by atoms with van der Waals surface area (Å²) in [6.07, 6.45) is 1.08. The Morgan fingerprint density at radius 2 is 2.24 bits per heavy atom. The second kappa shape index (κ2) is 10.4. The maximum atomic E-state index is 5.87. The van der Waals surface area contributed by atoms with Gasteiger partial charge in [0.25, 0.3) is 0 Å². The minimum Gasteiger partial charge on any atom is -0.379 e. The molecule has 3 N–H and O–H groups in total. The number of nitrogens with zero attached hydrogens (tertiary/aromatic N) is 2. The fourth-order valence-corrected chi connectivity index (χ4v) is 2.95. The topological polar surface area (TPSA) is 62.9 Å². The van der Waals surface area contributed by atoms with E-state index in [-0.39, 0.29) is 24.0 Å². The lowest BCUT2D eigenvalue weighted by Crippen LogP contribution is -2.39. The van der Waals surface area contributed by atoms with Crippen LogP contribution in [0.15, 0.2) is 16.4 Å². The number of thiophene rings is 1. The van der Waals surface area contributed by atoms with Gasteiger partial charge in [0.1, 0.15) is 0 Å². The van der Waals surface area contributed by atoms with Gasteiger partial charge in [-0.1, -0.05) is 0 Å². The number of aliphatic imine (C=N–C) groups is 1. The monoisotopic (exact) mass is 424 g/mol. The summed E-state index contributed by atoms with van der Waals surface area (Å²) in [5, 5.41) is 5.27. The van der Waals surface area contributed by atoms with E-state index < -0.39 is 0 Å². The average Bonchev–Trinajstić information content (AvgIpc) is 2.88. The minimum atomic E-state index is 0. The van der Waals surface area contributed by atoms with Gasteiger partial charge in [-0.15, -0.1) is 35.3 Å². The second-order valence-corrected chi connectivity index (χ2v) is 5.96. The lowest BCUT2D eigenvalue weighted by molar-refractivity contribution is 0.0376. The predicted molar refractivity (Wildman–Crippen MR) is 99.7 cm³/mol. The van der Waals surface area contributed by atoms with E-state index in [4.69, 9.17) is 10.5 Å². The number of rotatable bonds is 6. The van der Waals surface area contributed by atoms with Crippen LogP contribution in [0.3, 0.4) is 0 Å². The molecule has 2 rings (SSSR count). The molecule has 0 saturated carbocycles. The Labute approximate surface area is 148 Å². The summed E-state index contributed by atoms with van der Waals surface area (Å²) in [4.78, 5) is 8.08. The van der Waals surface area contributed by atoms with Crippen LogP contribution < -0.4 is 11.1 Å². The van der Waals surface area contributed by atoms with E-state index >= 15 is 0 Å². The predicted octanol–water partition coefficient (Wildman–Crippen LogP) is 1.80. The van der Waals surface area contributed by atoms with Crippen LogP contribution in [-0.4, -0.2) is 50.3 Å². The molecular formula is C14H25IN4OS. The van der Waals surface area contributed by atoms with Crippen molar-refractivity contribution in [1.29, 1.82) is 0 Å². The van der Waals surface area contributed by atoms with Crippen LogP contribution in [0.5, 0.6) is 0 Å². The van der Waals surface area contributed by atoms with E-state index in [0.717, 1.165) is 45.8 Å².